The van der Waals surface area contributed by atoms with Gasteiger partial charge in [0.1, 0.15) is 37.0 Å². The molecule has 4 aromatic carbocycles. The van der Waals surface area contributed by atoms with Gasteiger partial charge in [0.2, 0.25) is 0 Å². The van der Waals surface area contributed by atoms with Crippen LogP contribution in [0.4, 0.5) is 0 Å². The van der Waals surface area contributed by atoms with Crippen molar-refractivity contribution in [1.29, 1.82) is 0 Å². The number of hydrogen-bond donors (Lipinski definition) is 1. The zero-order chi connectivity index (χ0) is 30.6. The van der Waals surface area contributed by atoms with Gasteiger partial charge in [0.25, 0.3) is 5.91 Å². The third-order valence-electron chi connectivity index (χ3n) is 6.68. The van der Waals surface area contributed by atoms with Crippen LogP contribution in [0.5, 0.6) is 17.2 Å². The lowest BCUT2D eigenvalue weighted by Crippen LogP contribution is -2.46. The minimum Gasteiger partial charge on any atom is -0.496 e. The first-order valence-electron chi connectivity index (χ1n) is 13.5. The minimum absolute atomic E-state index is 0.00429. The summed E-state index contributed by atoms with van der Waals surface area (Å²) in [5.74, 6) is 0.794. The number of oxime groups is 1. The van der Waals surface area contributed by atoms with E-state index in [4.69, 9.17) is 23.8 Å². The van der Waals surface area contributed by atoms with E-state index in [2.05, 4.69) is 10.5 Å². The van der Waals surface area contributed by atoms with E-state index in [0.29, 0.717) is 29.4 Å². The van der Waals surface area contributed by atoms with Crippen LogP contribution in [0.1, 0.15) is 16.7 Å². The molecule has 9 heteroatoms. The first kappa shape index (κ1) is 30.6. The Balaban J connectivity index is 1.47. The molecule has 1 amide bonds. The van der Waals surface area contributed by atoms with Gasteiger partial charge >= 0.3 is 5.97 Å². The lowest BCUT2D eigenvalue weighted by atomic mass is 9.99. The van der Waals surface area contributed by atoms with Gasteiger partial charge in [0.15, 0.2) is 5.71 Å². The number of nitrogens with one attached hydrogen (secondary N) is 1. The Kier molecular flexibility index (Phi) is 10.7. The van der Waals surface area contributed by atoms with Crippen LogP contribution in [-0.2, 0) is 32.2 Å². The molecule has 0 aliphatic rings. The summed E-state index contributed by atoms with van der Waals surface area (Å²) in [6.45, 7) is 0.411. The van der Waals surface area contributed by atoms with E-state index in [9.17, 15) is 9.59 Å². The molecule has 1 atom stereocenters. The van der Waals surface area contributed by atoms with Gasteiger partial charge in [0, 0.05) is 12.0 Å². The van der Waals surface area contributed by atoms with Crippen LogP contribution in [0.25, 0.3) is 11.1 Å². The number of rotatable bonds is 13. The second-order valence-electron chi connectivity index (χ2n) is 9.41. The molecule has 0 spiro atoms. The predicted octanol–water partition coefficient (Wildman–Crippen LogP) is 5.20. The van der Waals surface area contributed by atoms with Gasteiger partial charge in [-0.3, -0.25) is 4.79 Å². The van der Waals surface area contributed by atoms with E-state index >= 15 is 0 Å². The second kappa shape index (κ2) is 15.1. The van der Waals surface area contributed by atoms with Crippen LogP contribution in [0.3, 0.4) is 0 Å². The first-order chi connectivity index (χ1) is 21.0. The average Bonchev–Trinajstić information content (AvgIpc) is 3.06. The topological polar surface area (TPSA) is 105 Å². The summed E-state index contributed by atoms with van der Waals surface area (Å²) in [6, 6.07) is 28.9. The first-order valence-corrected chi connectivity index (χ1v) is 13.5. The fourth-order valence-corrected chi connectivity index (χ4v) is 4.51. The highest BCUT2D eigenvalue weighted by Gasteiger charge is 2.26. The normalized spacial score (nSPS) is 11.7. The van der Waals surface area contributed by atoms with Gasteiger partial charge in [-0.15, -0.1) is 0 Å². The van der Waals surface area contributed by atoms with Gasteiger partial charge in [0.05, 0.1) is 26.9 Å². The molecule has 0 unspecified atom stereocenters. The number of nitrogens with zero attached hydrogens (tertiary/aromatic N) is 1. The average molecular weight is 583 g/mol. The van der Waals surface area contributed by atoms with Gasteiger partial charge in [-0.05, 0) is 53.1 Å². The van der Waals surface area contributed by atoms with Crippen molar-refractivity contribution in [3.8, 4) is 28.4 Å². The predicted molar refractivity (Wildman–Crippen MR) is 163 cm³/mol. The summed E-state index contributed by atoms with van der Waals surface area (Å²) in [7, 11) is 5.83. The number of carbonyl (C=O) groups excluding carboxylic acids is 2. The highest BCUT2D eigenvalue weighted by atomic mass is 16.6. The number of hydrogen-bond acceptors (Lipinski definition) is 8. The quantitative estimate of drug-likeness (QED) is 0.131. The second-order valence-corrected chi connectivity index (χ2v) is 9.41. The van der Waals surface area contributed by atoms with Crippen LogP contribution in [0, 0.1) is 0 Å². The van der Waals surface area contributed by atoms with Crippen molar-refractivity contribution < 1.29 is 33.4 Å². The molecule has 0 saturated carbocycles. The zero-order valence-electron chi connectivity index (χ0n) is 24.5. The molecule has 1 N–H and O–H groups in total. The summed E-state index contributed by atoms with van der Waals surface area (Å²) in [6.07, 6.45) is 0.189. The molecule has 0 aromatic heterocycles. The van der Waals surface area contributed by atoms with Gasteiger partial charge in [-0.1, -0.05) is 65.8 Å². The molecule has 43 heavy (non-hydrogen) atoms. The van der Waals surface area contributed by atoms with E-state index in [1.54, 1.807) is 38.5 Å². The molecule has 4 rings (SSSR count). The van der Waals surface area contributed by atoms with Gasteiger partial charge < -0.3 is 29.1 Å². The van der Waals surface area contributed by atoms with Crippen LogP contribution in [-0.4, -0.2) is 52.1 Å². The van der Waals surface area contributed by atoms with Crippen molar-refractivity contribution in [2.24, 2.45) is 5.16 Å². The Morgan fingerprint density at radius 1 is 0.744 bits per heavy atom. The molecule has 0 aliphatic carbocycles. The van der Waals surface area contributed by atoms with Crippen LogP contribution >= 0.6 is 0 Å². The lowest BCUT2D eigenvalue weighted by Gasteiger charge is -2.18. The molecule has 0 heterocycles. The number of methoxy groups -OCH3 is 3. The lowest BCUT2D eigenvalue weighted by molar-refractivity contribution is -0.144. The molecular formula is C34H34N2O7. The highest BCUT2D eigenvalue weighted by Crippen LogP contribution is 2.38. The molecule has 0 radical (unpaired) electrons. The number of esters is 1. The molecule has 222 valence electrons. The maximum atomic E-state index is 13.3. The molecule has 4 aromatic rings. The number of amides is 1. The number of benzene rings is 4. The summed E-state index contributed by atoms with van der Waals surface area (Å²) >= 11 is 0. The standard InChI is InChI=1S/C34H34N2O7/c1-39-29-11-8-12-30(40-2)31(29)25-15-13-23(14-16-25)21-28(34(38)41-3)35-33(37)32(36-42-4)26-17-19-27(20-18-26)43-22-24-9-6-5-7-10-24/h5-20,28H,21-22H2,1-4H3,(H,35,37)/t28-/m0/s1. The molecule has 0 saturated heterocycles. The molecular weight excluding hydrogens is 548 g/mol. The van der Waals surface area contributed by atoms with Gasteiger partial charge in [-0.25, -0.2) is 4.79 Å². The Bertz CT molecular complexity index is 1510. The van der Waals surface area contributed by atoms with Crippen molar-refractivity contribution in [2.75, 3.05) is 28.4 Å². The van der Waals surface area contributed by atoms with Crippen molar-refractivity contribution >= 4 is 17.6 Å². The van der Waals surface area contributed by atoms with Crippen molar-refractivity contribution in [3.63, 3.8) is 0 Å². The van der Waals surface area contributed by atoms with E-state index in [-0.39, 0.29) is 12.1 Å². The minimum atomic E-state index is -0.973. The monoisotopic (exact) mass is 582 g/mol. The summed E-state index contributed by atoms with van der Waals surface area (Å²) in [4.78, 5) is 31.0. The zero-order valence-corrected chi connectivity index (χ0v) is 24.5. The summed E-state index contributed by atoms with van der Waals surface area (Å²) in [5, 5.41) is 6.68. The molecule has 0 fully saturated rings. The van der Waals surface area contributed by atoms with Crippen LogP contribution in [0.15, 0.2) is 102 Å². The van der Waals surface area contributed by atoms with Crippen LogP contribution in [0.2, 0.25) is 0 Å². The fourth-order valence-electron chi connectivity index (χ4n) is 4.51. The third kappa shape index (κ3) is 7.91. The van der Waals surface area contributed by atoms with Gasteiger partial charge in [-0.2, -0.15) is 0 Å². The number of carbonyl (C=O) groups is 2. The van der Waals surface area contributed by atoms with E-state index < -0.39 is 17.9 Å². The third-order valence-corrected chi connectivity index (χ3v) is 6.68. The number of ether oxygens (including phenoxy) is 4. The molecule has 0 bridgehead atoms. The van der Waals surface area contributed by atoms with Crippen molar-refractivity contribution in [1.82, 2.24) is 5.32 Å². The smallest absolute Gasteiger partial charge is 0.328 e. The van der Waals surface area contributed by atoms with Crippen molar-refractivity contribution in [2.45, 2.75) is 19.1 Å². The maximum Gasteiger partial charge on any atom is 0.328 e. The fraction of sp³-hybridized carbons (Fsp3) is 0.206. The Morgan fingerprint density at radius 2 is 1.40 bits per heavy atom. The Hall–Kier alpha value is -5.31. The Morgan fingerprint density at radius 3 is 1.98 bits per heavy atom. The largest absolute Gasteiger partial charge is 0.496 e. The van der Waals surface area contributed by atoms with E-state index in [1.165, 1.54) is 14.2 Å². The molecule has 0 aliphatic heterocycles. The van der Waals surface area contributed by atoms with E-state index in [0.717, 1.165) is 22.3 Å². The molecule has 9 nitrogen and oxygen atoms in total. The highest BCUT2D eigenvalue weighted by molar-refractivity contribution is 6.45. The summed E-state index contributed by atoms with van der Waals surface area (Å²) in [5.41, 5.74) is 4.03. The van der Waals surface area contributed by atoms with E-state index in [1.807, 2.05) is 72.8 Å². The van der Waals surface area contributed by atoms with Crippen LogP contribution < -0.4 is 19.5 Å². The SMILES string of the molecule is CON=C(C(=O)N[C@@H](Cc1ccc(-c2c(OC)cccc2OC)cc1)C(=O)OC)c1ccc(OCc2ccccc2)cc1. The van der Waals surface area contributed by atoms with Crippen molar-refractivity contribution in [3.05, 3.63) is 114 Å². The summed E-state index contributed by atoms with van der Waals surface area (Å²) < 4.78 is 21.9. The maximum absolute atomic E-state index is 13.3. The Labute approximate surface area is 251 Å².